The van der Waals surface area contributed by atoms with E-state index in [0.29, 0.717) is 30.6 Å². The molecular formula is C15H20FNO3. The van der Waals surface area contributed by atoms with E-state index >= 15 is 0 Å². The lowest BCUT2D eigenvalue weighted by atomic mass is 10.0. The molecule has 0 radical (unpaired) electrons. The van der Waals surface area contributed by atoms with Crippen LogP contribution in [0, 0.1) is 5.82 Å². The predicted molar refractivity (Wildman–Crippen MR) is 74.2 cm³/mol. The number of ether oxygens (including phenoxy) is 1. The van der Waals surface area contributed by atoms with Crippen molar-refractivity contribution in [1.82, 2.24) is 0 Å². The molecule has 1 N–H and O–H groups in total. The van der Waals surface area contributed by atoms with E-state index in [0.717, 1.165) is 0 Å². The number of aliphatic hydroxyl groups is 1. The molecule has 1 aromatic carbocycles. The number of hydrogen-bond donors (Lipinski definition) is 1. The average molecular weight is 281 g/mol. The minimum absolute atomic E-state index is 0.422. The van der Waals surface area contributed by atoms with E-state index in [9.17, 15) is 14.3 Å². The fourth-order valence-electron chi connectivity index (χ4n) is 2.26. The maximum atomic E-state index is 13.4. The third-order valence-electron chi connectivity index (χ3n) is 3.11. The van der Waals surface area contributed by atoms with Crippen LogP contribution in [-0.2, 0) is 4.74 Å². The summed E-state index contributed by atoms with van der Waals surface area (Å²) in [5.41, 5.74) is 0.362. The summed E-state index contributed by atoms with van der Waals surface area (Å²) in [7, 11) is 0. The SMILES string of the molecule is CC(C)(C)OC(=O)N1CCCC(O)c2cc(F)ccc21. The molecule has 1 unspecified atom stereocenters. The van der Waals surface area contributed by atoms with Crippen molar-refractivity contribution in [1.29, 1.82) is 0 Å². The van der Waals surface area contributed by atoms with Gasteiger partial charge in [0.15, 0.2) is 0 Å². The summed E-state index contributed by atoms with van der Waals surface area (Å²) >= 11 is 0. The highest BCUT2D eigenvalue weighted by Crippen LogP contribution is 2.34. The second-order valence-electron chi connectivity index (χ2n) is 5.99. The topological polar surface area (TPSA) is 49.8 Å². The minimum Gasteiger partial charge on any atom is -0.443 e. The quantitative estimate of drug-likeness (QED) is 0.793. The summed E-state index contributed by atoms with van der Waals surface area (Å²) < 4.78 is 18.7. The lowest BCUT2D eigenvalue weighted by Crippen LogP contribution is -2.37. The molecule has 0 bridgehead atoms. The smallest absolute Gasteiger partial charge is 0.414 e. The van der Waals surface area contributed by atoms with Crippen LogP contribution in [0.2, 0.25) is 0 Å². The molecule has 0 aliphatic carbocycles. The summed E-state index contributed by atoms with van der Waals surface area (Å²) in [6.07, 6.45) is -0.0977. The van der Waals surface area contributed by atoms with Gasteiger partial charge in [0, 0.05) is 12.1 Å². The Morgan fingerprint density at radius 2 is 2.15 bits per heavy atom. The van der Waals surface area contributed by atoms with Gasteiger partial charge in [0.2, 0.25) is 0 Å². The number of rotatable bonds is 0. The Morgan fingerprint density at radius 1 is 1.45 bits per heavy atom. The number of aliphatic hydroxyl groups excluding tert-OH is 1. The van der Waals surface area contributed by atoms with E-state index in [-0.39, 0.29) is 0 Å². The molecular weight excluding hydrogens is 261 g/mol. The molecule has 0 saturated heterocycles. The van der Waals surface area contributed by atoms with Crippen LogP contribution in [0.15, 0.2) is 18.2 Å². The maximum Gasteiger partial charge on any atom is 0.414 e. The van der Waals surface area contributed by atoms with Crippen molar-refractivity contribution in [3.8, 4) is 0 Å². The molecule has 0 fully saturated rings. The molecule has 1 aromatic rings. The summed E-state index contributed by atoms with van der Waals surface area (Å²) in [6.45, 7) is 5.83. The zero-order valence-corrected chi connectivity index (χ0v) is 12.0. The molecule has 4 nitrogen and oxygen atoms in total. The van der Waals surface area contributed by atoms with Crippen LogP contribution >= 0.6 is 0 Å². The number of hydrogen-bond acceptors (Lipinski definition) is 3. The first-order chi connectivity index (χ1) is 9.28. The standard InChI is InChI=1S/C15H20FNO3/c1-15(2,3)20-14(19)17-8-4-5-13(18)11-9-10(16)6-7-12(11)17/h6-7,9,13,18H,4-5,8H2,1-3H3. The van der Waals surface area contributed by atoms with E-state index in [1.165, 1.54) is 23.1 Å². The van der Waals surface area contributed by atoms with E-state index in [2.05, 4.69) is 0 Å². The van der Waals surface area contributed by atoms with Gasteiger partial charge in [-0.1, -0.05) is 0 Å². The Bertz CT molecular complexity index is 510. The number of carbonyl (C=O) groups excluding carboxylic acids is 1. The molecule has 1 heterocycles. The minimum atomic E-state index is -0.756. The van der Waals surface area contributed by atoms with Crippen molar-refractivity contribution in [2.45, 2.75) is 45.3 Å². The fourth-order valence-corrected chi connectivity index (χ4v) is 2.26. The molecule has 110 valence electrons. The Balaban J connectivity index is 2.36. The second-order valence-corrected chi connectivity index (χ2v) is 5.99. The molecule has 1 aliphatic heterocycles. The molecule has 0 aromatic heterocycles. The van der Waals surface area contributed by atoms with Crippen LogP contribution in [0.25, 0.3) is 0 Å². The van der Waals surface area contributed by atoms with E-state index < -0.39 is 23.6 Å². The van der Waals surface area contributed by atoms with E-state index in [4.69, 9.17) is 4.74 Å². The van der Waals surface area contributed by atoms with Gasteiger partial charge in [-0.2, -0.15) is 0 Å². The molecule has 2 rings (SSSR count). The van der Waals surface area contributed by atoms with Crippen molar-refractivity contribution >= 4 is 11.8 Å². The van der Waals surface area contributed by atoms with Gasteiger partial charge in [0.1, 0.15) is 11.4 Å². The van der Waals surface area contributed by atoms with Crippen LogP contribution in [-0.4, -0.2) is 23.3 Å². The zero-order chi connectivity index (χ0) is 14.9. The van der Waals surface area contributed by atoms with Crippen molar-refractivity contribution in [3.05, 3.63) is 29.6 Å². The third-order valence-corrected chi connectivity index (χ3v) is 3.11. The Hall–Kier alpha value is -1.62. The number of halogens is 1. The summed E-state index contributed by atoms with van der Waals surface area (Å²) in [4.78, 5) is 13.7. The molecule has 1 aliphatic rings. The van der Waals surface area contributed by atoms with Crippen molar-refractivity contribution < 1.29 is 19.0 Å². The van der Waals surface area contributed by atoms with Crippen LogP contribution in [0.5, 0.6) is 0 Å². The van der Waals surface area contributed by atoms with E-state index in [1.807, 2.05) is 0 Å². The highest BCUT2D eigenvalue weighted by atomic mass is 19.1. The average Bonchev–Trinajstić information content (AvgIpc) is 2.47. The summed E-state index contributed by atoms with van der Waals surface area (Å²) in [5.74, 6) is -0.422. The van der Waals surface area contributed by atoms with Gasteiger partial charge in [-0.3, -0.25) is 4.90 Å². The van der Waals surface area contributed by atoms with Crippen LogP contribution in [0.1, 0.15) is 45.3 Å². The number of amides is 1. The number of benzene rings is 1. The van der Waals surface area contributed by atoms with Crippen LogP contribution in [0.3, 0.4) is 0 Å². The van der Waals surface area contributed by atoms with E-state index in [1.54, 1.807) is 20.8 Å². The van der Waals surface area contributed by atoms with Crippen LogP contribution in [0.4, 0.5) is 14.9 Å². The molecule has 1 amide bonds. The number of fused-ring (bicyclic) bond motifs is 1. The number of carbonyl (C=O) groups is 1. The highest BCUT2D eigenvalue weighted by Gasteiger charge is 2.29. The molecule has 1 atom stereocenters. The Morgan fingerprint density at radius 3 is 2.80 bits per heavy atom. The van der Waals surface area contributed by atoms with Gasteiger partial charge in [-0.15, -0.1) is 0 Å². The lowest BCUT2D eigenvalue weighted by molar-refractivity contribution is 0.0580. The fraction of sp³-hybridized carbons (Fsp3) is 0.533. The number of nitrogens with zero attached hydrogens (tertiary/aromatic N) is 1. The Kier molecular flexibility index (Phi) is 3.99. The Labute approximate surface area is 118 Å². The van der Waals surface area contributed by atoms with Crippen LogP contribution < -0.4 is 4.90 Å². The monoisotopic (exact) mass is 281 g/mol. The molecule has 0 spiro atoms. The van der Waals surface area contributed by atoms with Gasteiger partial charge in [-0.25, -0.2) is 9.18 Å². The van der Waals surface area contributed by atoms with Crippen molar-refractivity contribution in [3.63, 3.8) is 0 Å². The molecule has 20 heavy (non-hydrogen) atoms. The first-order valence-corrected chi connectivity index (χ1v) is 6.76. The predicted octanol–water partition coefficient (Wildman–Crippen LogP) is 3.39. The zero-order valence-electron chi connectivity index (χ0n) is 12.0. The summed E-state index contributed by atoms with van der Waals surface area (Å²) in [6, 6.07) is 4.08. The molecule has 0 saturated carbocycles. The van der Waals surface area contributed by atoms with Crippen molar-refractivity contribution in [2.75, 3.05) is 11.4 Å². The first kappa shape index (κ1) is 14.8. The van der Waals surface area contributed by atoms with Gasteiger partial charge in [-0.05, 0) is 51.8 Å². The normalized spacial score (nSPS) is 19.2. The highest BCUT2D eigenvalue weighted by molar-refractivity contribution is 5.89. The number of anilines is 1. The van der Waals surface area contributed by atoms with Gasteiger partial charge < -0.3 is 9.84 Å². The lowest BCUT2D eigenvalue weighted by Gasteiger charge is -2.27. The van der Waals surface area contributed by atoms with Gasteiger partial charge in [0.25, 0.3) is 0 Å². The maximum absolute atomic E-state index is 13.4. The molecule has 5 heteroatoms. The van der Waals surface area contributed by atoms with Gasteiger partial charge in [0.05, 0.1) is 11.8 Å². The van der Waals surface area contributed by atoms with Gasteiger partial charge >= 0.3 is 6.09 Å². The third kappa shape index (κ3) is 3.28. The first-order valence-electron chi connectivity index (χ1n) is 6.76. The second kappa shape index (κ2) is 5.40. The largest absolute Gasteiger partial charge is 0.443 e. The van der Waals surface area contributed by atoms with Crippen molar-refractivity contribution in [2.24, 2.45) is 0 Å². The summed E-state index contributed by atoms with van der Waals surface area (Å²) in [5, 5.41) is 10.1.